The minimum atomic E-state index is -0.603. The average molecular weight is 304 g/mol. The third-order valence-corrected chi connectivity index (χ3v) is 3.96. The summed E-state index contributed by atoms with van der Waals surface area (Å²) in [6.07, 6.45) is 0.387. The number of fused-ring (bicyclic) bond motifs is 3. The summed E-state index contributed by atoms with van der Waals surface area (Å²) in [5.41, 5.74) is 1.25. The van der Waals surface area contributed by atoms with Crippen molar-refractivity contribution >= 4 is 28.9 Å². The first-order valence-electron chi connectivity index (χ1n) is 6.56. The molecule has 2 aliphatic heterocycles. The highest BCUT2D eigenvalue weighted by Gasteiger charge is 2.36. The highest BCUT2D eigenvalue weighted by molar-refractivity contribution is 6.54. The molecule has 0 aromatic heterocycles. The lowest BCUT2D eigenvalue weighted by Crippen LogP contribution is -2.35. The first-order valence-corrected chi connectivity index (χ1v) is 6.56. The molecule has 0 bridgehead atoms. The SMILES string of the molecule is CC(=O)N1CCc2c(c([N+](=O)[O-])cc3c2NC(=O)/C3=N\O)C1. The number of benzene rings is 1. The van der Waals surface area contributed by atoms with Crippen LogP contribution in [0.2, 0.25) is 0 Å². The number of hydrogen-bond donors (Lipinski definition) is 2. The van der Waals surface area contributed by atoms with Crippen LogP contribution in [0, 0.1) is 10.1 Å². The van der Waals surface area contributed by atoms with Crippen molar-refractivity contribution in [3.8, 4) is 0 Å². The summed E-state index contributed by atoms with van der Waals surface area (Å²) >= 11 is 0. The maximum absolute atomic E-state index is 11.8. The van der Waals surface area contributed by atoms with Crippen LogP contribution in [0.4, 0.5) is 11.4 Å². The largest absolute Gasteiger partial charge is 0.410 e. The first-order chi connectivity index (χ1) is 10.4. The van der Waals surface area contributed by atoms with Crippen LogP contribution in [0.5, 0.6) is 0 Å². The highest BCUT2D eigenvalue weighted by Crippen LogP contribution is 2.39. The molecule has 1 aromatic rings. The van der Waals surface area contributed by atoms with Gasteiger partial charge < -0.3 is 15.4 Å². The lowest BCUT2D eigenvalue weighted by molar-refractivity contribution is -0.385. The van der Waals surface area contributed by atoms with E-state index in [0.717, 1.165) is 0 Å². The summed E-state index contributed by atoms with van der Waals surface area (Å²) in [6, 6.07) is 1.21. The zero-order valence-electron chi connectivity index (χ0n) is 11.6. The number of nitrogens with zero attached hydrogens (tertiary/aromatic N) is 3. The van der Waals surface area contributed by atoms with E-state index in [4.69, 9.17) is 5.21 Å². The number of nitro groups is 1. The smallest absolute Gasteiger partial charge is 0.278 e. The Bertz CT molecular complexity index is 755. The second-order valence-corrected chi connectivity index (χ2v) is 5.13. The molecule has 9 heteroatoms. The Morgan fingerprint density at radius 1 is 1.50 bits per heavy atom. The van der Waals surface area contributed by atoms with Crippen molar-refractivity contribution in [2.75, 3.05) is 11.9 Å². The lowest BCUT2D eigenvalue weighted by Gasteiger charge is -2.28. The van der Waals surface area contributed by atoms with Gasteiger partial charge in [-0.25, -0.2) is 0 Å². The fourth-order valence-electron chi connectivity index (χ4n) is 2.89. The molecule has 2 heterocycles. The summed E-state index contributed by atoms with van der Waals surface area (Å²) in [5, 5.41) is 25.8. The van der Waals surface area contributed by atoms with Gasteiger partial charge in [0.25, 0.3) is 11.6 Å². The van der Waals surface area contributed by atoms with Crippen LogP contribution in [-0.2, 0) is 22.6 Å². The van der Waals surface area contributed by atoms with Crippen LogP contribution in [-0.4, -0.2) is 39.1 Å². The average Bonchev–Trinajstić information content (AvgIpc) is 2.80. The Morgan fingerprint density at radius 2 is 2.23 bits per heavy atom. The molecule has 0 unspecified atom stereocenters. The van der Waals surface area contributed by atoms with Crippen LogP contribution in [0.25, 0.3) is 0 Å². The second-order valence-electron chi connectivity index (χ2n) is 5.13. The Hall–Kier alpha value is -2.97. The summed E-state index contributed by atoms with van der Waals surface area (Å²) in [6.45, 7) is 1.94. The number of oxime groups is 1. The first kappa shape index (κ1) is 14.0. The van der Waals surface area contributed by atoms with E-state index in [1.807, 2.05) is 0 Å². The number of nitro benzene ring substituents is 1. The van der Waals surface area contributed by atoms with Gasteiger partial charge in [-0.3, -0.25) is 19.7 Å². The van der Waals surface area contributed by atoms with E-state index in [0.29, 0.717) is 29.8 Å². The fraction of sp³-hybridized carbons (Fsp3) is 0.308. The number of hydrogen-bond acceptors (Lipinski definition) is 6. The maximum atomic E-state index is 11.8. The Kier molecular flexibility index (Phi) is 3.05. The summed E-state index contributed by atoms with van der Waals surface area (Å²) < 4.78 is 0. The Morgan fingerprint density at radius 3 is 2.82 bits per heavy atom. The number of nitrogens with one attached hydrogen (secondary N) is 1. The molecule has 2 amide bonds. The van der Waals surface area contributed by atoms with E-state index in [-0.39, 0.29) is 29.4 Å². The van der Waals surface area contributed by atoms with Gasteiger partial charge in [0.15, 0.2) is 5.71 Å². The lowest BCUT2D eigenvalue weighted by atomic mass is 9.93. The minimum Gasteiger partial charge on any atom is -0.410 e. The van der Waals surface area contributed by atoms with E-state index >= 15 is 0 Å². The number of amides is 2. The van der Waals surface area contributed by atoms with Gasteiger partial charge in [0, 0.05) is 25.1 Å². The molecule has 0 spiro atoms. The van der Waals surface area contributed by atoms with Crippen LogP contribution in [0.15, 0.2) is 11.2 Å². The third kappa shape index (κ3) is 1.90. The van der Waals surface area contributed by atoms with Crippen LogP contribution >= 0.6 is 0 Å². The summed E-state index contributed by atoms with van der Waals surface area (Å²) in [5.74, 6) is -0.767. The van der Waals surface area contributed by atoms with E-state index in [9.17, 15) is 19.7 Å². The molecule has 0 saturated carbocycles. The predicted molar refractivity (Wildman–Crippen MR) is 74.8 cm³/mol. The molecule has 2 aliphatic rings. The molecule has 114 valence electrons. The van der Waals surface area contributed by atoms with Crippen molar-refractivity contribution < 1.29 is 19.7 Å². The van der Waals surface area contributed by atoms with Gasteiger partial charge in [-0.2, -0.15) is 0 Å². The molecule has 3 rings (SSSR count). The van der Waals surface area contributed by atoms with Crippen molar-refractivity contribution in [3.05, 3.63) is 32.9 Å². The Labute approximate surface area is 124 Å². The second kappa shape index (κ2) is 4.79. The topological polar surface area (TPSA) is 125 Å². The molecule has 2 N–H and O–H groups in total. The quantitative estimate of drug-likeness (QED) is 0.447. The molecule has 1 aromatic carbocycles. The van der Waals surface area contributed by atoms with E-state index in [1.54, 1.807) is 0 Å². The zero-order chi connectivity index (χ0) is 16.0. The van der Waals surface area contributed by atoms with Gasteiger partial charge in [0.05, 0.1) is 22.7 Å². The van der Waals surface area contributed by atoms with Crippen LogP contribution in [0.3, 0.4) is 0 Å². The van der Waals surface area contributed by atoms with Crippen molar-refractivity contribution in [2.24, 2.45) is 5.16 Å². The van der Waals surface area contributed by atoms with Gasteiger partial charge in [0.1, 0.15) is 0 Å². The summed E-state index contributed by atoms with van der Waals surface area (Å²) in [4.78, 5) is 35.6. The molecule has 0 fully saturated rings. The zero-order valence-corrected chi connectivity index (χ0v) is 11.6. The molecule has 22 heavy (non-hydrogen) atoms. The minimum absolute atomic E-state index is 0.121. The van der Waals surface area contributed by atoms with E-state index in [1.165, 1.54) is 17.9 Å². The van der Waals surface area contributed by atoms with E-state index < -0.39 is 10.8 Å². The molecular weight excluding hydrogens is 292 g/mol. The van der Waals surface area contributed by atoms with Gasteiger partial charge in [-0.1, -0.05) is 5.16 Å². The molecule has 9 nitrogen and oxygen atoms in total. The monoisotopic (exact) mass is 304 g/mol. The molecule has 0 saturated heterocycles. The molecule has 0 atom stereocenters. The standard InChI is InChI=1S/C13H12N4O5/c1-6(18)16-3-2-7-9(5-16)10(17(21)22)4-8-11(7)14-13(19)12(8)15-20/h4,20H,2-3,5H2,1H3,(H,14,15,19). The van der Waals surface area contributed by atoms with Gasteiger partial charge in [-0.05, 0) is 12.0 Å². The van der Waals surface area contributed by atoms with E-state index in [2.05, 4.69) is 10.5 Å². The number of carbonyl (C=O) groups is 2. The van der Waals surface area contributed by atoms with Crippen LogP contribution in [0.1, 0.15) is 23.6 Å². The van der Waals surface area contributed by atoms with Gasteiger partial charge >= 0.3 is 0 Å². The molecule has 0 aliphatic carbocycles. The van der Waals surface area contributed by atoms with Crippen LogP contribution < -0.4 is 5.32 Å². The van der Waals surface area contributed by atoms with Crippen molar-refractivity contribution in [1.29, 1.82) is 0 Å². The maximum Gasteiger partial charge on any atom is 0.278 e. The Balaban J connectivity index is 2.22. The summed E-state index contributed by atoms with van der Waals surface area (Å²) in [7, 11) is 0. The van der Waals surface area contributed by atoms with Crippen molar-refractivity contribution in [2.45, 2.75) is 19.9 Å². The molecular formula is C13H12N4O5. The number of carbonyl (C=O) groups excluding carboxylic acids is 2. The number of anilines is 1. The van der Waals surface area contributed by atoms with Gasteiger partial charge in [-0.15, -0.1) is 0 Å². The number of rotatable bonds is 1. The fourth-order valence-corrected chi connectivity index (χ4v) is 2.89. The predicted octanol–water partition coefficient (Wildman–Crippen LogP) is 0.630. The normalized spacial score (nSPS) is 18.0. The third-order valence-electron chi connectivity index (χ3n) is 3.96. The molecule has 0 radical (unpaired) electrons. The van der Waals surface area contributed by atoms with Crippen molar-refractivity contribution in [3.63, 3.8) is 0 Å². The van der Waals surface area contributed by atoms with Crippen molar-refractivity contribution in [1.82, 2.24) is 4.90 Å². The highest BCUT2D eigenvalue weighted by atomic mass is 16.6. The van der Waals surface area contributed by atoms with Gasteiger partial charge in [0.2, 0.25) is 5.91 Å².